The molecule has 0 aromatic carbocycles. The summed E-state index contributed by atoms with van der Waals surface area (Å²) in [6.07, 6.45) is 17.0. The number of thioether (sulfide) groups is 1. The van der Waals surface area contributed by atoms with Crippen LogP contribution in [0.15, 0.2) is 11.3 Å². The molecular weight excluding hydrogens is 304 g/mol. The van der Waals surface area contributed by atoms with Crippen LogP contribution in [-0.2, 0) is 4.79 Å². The molecule has 0 aliphatic carbocycles. The zero-order valence-electron chi connectivity index (χ0n) is 15.5. The van der Waals surface area contributed by atoms with Crippen LogP contribution < -0.4 is 0 Å². The molecule has 3 heteroatoms. The normalized spacial score (nSPS) is 21.4. The first-order valence-electron chi connectivity index (χ1n) is 9.65. The number of aliphatic hydroxyl groups excluding tert-OH is 1. The van der Waals surface area contributed by atoms with Crippen LogP contribution in [0.4, 0.5) is 0 Å². The molecular formula is C20H36O2S. The lowest BCUT2D eigenvalue weighted by Crippen LogP contribution is -2.20. The SMILES string of the molecule is CCCCCCCCCCCCCCC1(C)SC(=O)C(C)=C1O. The third-order valence-electron chi connectivity index (χ3n) is 4.99. The molecule has 1 atom stereocenters. The Bertz CT molecular complexity index is 389. The van der Waals surface area contributed by atoms with Crippen LogP contribution in [-0.4, -0.2) is 15.0 Å². The first kappa shape index (κ1) is 20.6. The van der Waals surface area contributed by atoms with Crippen molar-refractivity contribution in [3.63, 3.8) is 0 Å². The van der Waals surface area contributed by atoms with Gasteiger partial charge in [-0.25, -0.2) is 0 Å². The highest BCUT2D eigenvalue weighted by molar-refractivity contribution is 8.15. The first-order chi connectivity index (χ1) is 11.0. The minimum atomic E-state index is -0.361. The molecule has 0 aromatic rings. The van der Waals surface area contributed by atoms with Crippen LogP contribution in [0.3, 0.4) is 0 Å². The fourth-order valence-corrected chi connectivity index (χ4v) is 4.45. The summed E-state index contributed by atoms with van der Waals surface area (Å²) >= 11 is 1.30. The Hall–Kier alpha value is -0.440. The zero-order chi connectivity index (χ0) is 17.1. The van der Waals surface area contributed by atoms with Crippen molar-refractivity contribution in [2.45, 2.75) is 109 Å². The van der Waals surface area contributed by atoms with Gasteiger partial charge in [0, 0.05) is 5.57 Å². The molecule has 2 nitrogen and oxygen atoms in total. The van der Waals surface area contributed by atoms with Crippen molar-refractivity contribution in [2.75, 3.05) is 0 Å². The predicted molar refractivity (Wildman–Crippen MR) is 102 cm³/mol. The minimum absolute atomic E-state index is 0.0453. The standard InChI is InChI=1S/C20H36O2S/c1-4-5-6-7-8-9-10-11-12-13-14-15-16-20(3)18(21)17(2)19(22)23-20/h21H,4-16H2,1-3H3. The Morgan fingerprint density at radius 2 is 1.30 bits per heavy atom. The van der Waals surface area contributed by atoms with Crippen LogP contribution in [0.25, 0.3) is 0 Å². The lowest BCUT2D eigenvalue weighted by Gasteiger charge is -2.22. The van der Waals surface area contributed by atoms with Crippen molar-refractivity contribution in [1.29, 1.82) is 0 Å². The number of unbranched alkanes of at least 4 members (excludes halogenated alkanes) is 11. The van der Waals surface area contributed by atoms with E-state index in [1.807, 2.05) is 6.92 Å². The van der Waals surface area contributed by atoms with Gasteiger partial charge in [-0.1, -0.05) is 95.7 Å². The fraction of sp³-hybridized carbons (Fsp3) is 0.850. The van der Waals surface area contributed by atoms with Crippen LogP contribution in [0.5, 0.6) is 0 Å². The van der Waals surface area contributed by atoms with E-state index in [0.717, 1.165) is 12.8 Å². The highest BCUT2D eigenvalue weighted by Gasteiger charge is 2.41. The molecule has 0 saturated carbocycles. The Balaban J connectivity index is 1.95. The molecule has 1 aliphatic rings. The topological polar surface area (TPSA) is 37.3 Å². The zero-order valence-corrected chi connectivity index (χ0v) is 16.3. The van der Waals surface area contributed by atoms with E-state index in [-0.39, 0.29) is 9.86 Å². The largest absolute Gasteiger partial charge is 0.510 e. The van der Waals surface area contributed by atoms with Crippen molar-refractivity contribution < 1.29 is 9.90 Å². The van der Waals surface area contributed by atoms with Crippen molar-refractivity contribution in [3.05, 3.63) is 11.3 Å². The van der Waals surface area contributed by atoms with Crippen LogP contribution in [0.2, 0.25) is 0 Å². The van der Waals surface area contributed by atoms with Gasteiger partial charge in [-0.3, -0.25) is 4.79 Å². The molecule has 0 amide bonds. The molecule has 1 heterocycles. The summed E-state index contributed by atoms with van der Waals surface area (Å²) < 4.78 is -0.361. The van der Waals surface area contributed by atoms with Gasteiger partial charge in [-0.05, 0) is 20.3 Å². The molecule has 1 N–H and O–H groups in total. The Labute approximate surface area is 147 Å². The lowest BCUT2D eigenvalue weighted by atomic mass is 9.97. The van der Waals surface area contributed by atoms with Gasteiger partial charge in [0.15, 0.2) is 0 Å². The number of carbonyl (C=O) groups is 1. The first-order valence-corrected chi connectivity index (χ1v) is 10.5. The molecule has 1 aliphatic heterocycles. The summed E-state index contributed by atoms with van der Waals surface area (Å²) in [5.74, 6) is 0.315. The quantitative estimate of drug-likeness (QED) is 0.369. The van der Waals surface area contributed by atoms with E-state index in [1.165, 1.54) is 82.4 Å². The van der Waals surface area contributed by atoms with E-state index in [0.29, 0.717) is 11.3 Å². The van der Waals surface area contributed by atoms with E-state index in [9.17, 15) is 9.90 Å². The van der Waals surface area contributed by atoms with Gasteiger partial charge in [0.25, 0.3) is 0 Å². The van der Waals surface area contributed by atoms with Gasteiger partial charge in [-0.15, -0.1) is 0 Å². The van der Waals surface area contributed by atoms with Gasteiger partial charge in [0.2, 0.25) is 5.12 Å². The Morgan fingerprint density at radius 1 is 0.870 bits per heavy atom. The number of aliphatic hydroxyl groups is 1. The summed E-state index contributed by atoms with van der Waals surface area (Å²) in [6.45, 7) is 6.00. The predicted octanol–water partition coefficient (Wildman–Crippen LogP) is 6.94. The maximum Gasteiger partial charge on any atom is 0.219 e. The van der Waals surface area contributed by atoms with Gasteiger partial charge in [0.1, 0.15) is 5.76 Å². The summed E-state index contributed by atoms with van der Waals surface area (Å²) in [7, 11) is 0. The van der Waals surface area contributed by atoms with Crippen LogP contribution >= 0.6 is 11.8 Å². The summed E-state index contributed by atoms with van der Waals surface area (Å²) in [5, 5.41) is 10.1. The Morgan fingerprint density at radius 3 is 1.70 bits per heavy atom. The minimum Gasteiger partial charge on any atom is -0.510 e. The molecule has 0 aromatic heterocycles. The molecule has 134 valence electrons. The average Bonchev–Trinajstić information content (AvgIpc) is 2.72. The van der Waals surface area contributed by atoms with Crippen molar-refractivity contribution in [3.8, 4) is 0 Å². The fourth-order valence-electron chi connectivity index (χ4n) is 3.30. The molecule has 0 saturated heterocycles. The number of rotatable bonds is 13. The number of hydrogen-bond acceptors (Lipinski definition) is 3. The van der Waals surface area contributed by atoms with E-state index >= 15 is 0 Å². The molecule has 0 bridgehead atoms. The van der Waals surface area contributed by atoms with Gasteiger partial charge >= 0.3 is 0 Å². The highest BCUT2D eigenvalue weighted by Crippen LogP contribution is 2.45. The molecule has 1 rings (SSSR count). The molecule has 0 radical (unpaired) electrons. The van der Waals surface area contributed by atoms with E-state index < -0.39 is 0 Å². The summed E-state index contributed by atoms with van der Waals surface area (Å²) in [6, 6.07) is 0. The second-order valence-electron chi connectivity index (χ2n) is 7.23. The molecule has 23 heavy (non-hydrogen) atoms. The molecule has 1 unspecified atom stereocenters. The van der Waals surface area contributed by atoms with Crippen molar-refractivity contribution in [2.24, 2.45) is 0 Å². The molecule has 0 fully saturated rings. The summed E-state index contributed by atoms with van der Waals surface area (Å²) in [5.41, 5.74) is 0.552. The average molecular weight is 341 g/mol. The van der Waals surface area contributed by atoms with E-state index in [4.69, 9.17) is 0 Å². The second kappa shape index (κ2) is 11.2. The third kappa shape index (κ3) is 7.32. The van der Waals surface area contributed by atoms with Crippen molar-refractivity contribution in [1.82, 2.24) is 0 Å². The van der Waals surface area contributed by atoms with E-state index in [2.05, 4.69) is 6.92 Å². The smallest absolute Gasteiger partial charge is 0.219 e. The third-order valence-corrected chi connectivity index (χ3v) is 6.33. The van der Waals surface area contributed by atoms with Gasteiger partial charge < -0.3 is 5.11 Å². The Kier molecular flexibility index (Phi) is 10.0. The van der Waals surface area contributed by atoms with Gasteiger partial charge in [-0.2, -0.15) is 0 Å². The molecule has 0 spiro atoms. The highest BCUT2D eigenvalue weighted by atomic mass is 32.2. The van der Waals surface area contributed by atoms with Crippen LogP contribution in [0, 0.1) is 0 Å². The monoisotopic (exact) mass is 340 g/mol. The maximum absolute atomic E-state index is 11.7. The maximum atomic E-state index is 11.7. The summed E-state index contributed by atoms with van der Waals surface area (Å²) in [4.78, 5) is 11.7. The lowest BCUT2D eigenvalue weighted by molar-refractivity contribution is -0.107. The van der Waals surface area contributed by atoms with Crippen molar-refractivity contribution >= 4 is 16.9 Å². The van der Waals surface area contributed by atoms with E-state index in [1.54, 1.807) is 6.92 Å². The number of carbonyl (C=O) groups excluding carboxylic acids is 1. The van der Waals surface area contributed by atoms with Crippen LogP contribution in [0.1, 0.15) is 104 Å². The second-order valence-corrected chi connectivity index (χ2v) is 8.71. The number of hydrogen-bond donors (Lipinski definition) is 1. The van der Waals surface area contributed by atoms with Gasteiger partial charge in [0.05, 0.1) is 4.75 Å².